The predicted molar refractivity (Wildman–Crippen MR) is 146 cm³/mol. The fourth-order valence-electron chi connectivity index (χ4n) is 3.74. The summed E-state index contributed by atoms with van der Waals surface area (Å²) in [4.78, 5) is 38.0. The average Bonchev–Trinajstić information content (AvgIpc) is 2.94. The zero-order chi connectivity index (χ0) is 26.9. The number of nitrogens with one attached hydrogen (secondary N) is 1. The number of halogens is 1. The molecule has 0 radical (unpaired) electrons. The molecule has 0 saturated carbocycles. The smallest absolute Gasteiger partial charge is 0.288 e. The summed E-state index contributed by atoms with van der Waals surface area (Å²) in [6, 6.07) is 29.4. The minimum absolute atomic E-state index is 0.0400. The van der Waals surface area contributed by atoms with Gasteiger partial charge in [-0.1, -0.05) is 48.0 Å². The standard InChI is InChI=1S/C29H24ClN3O5/c30-26-17-12-22(20-27(26)33(36)37)28(34)31-18-7-19-32(29(35)21-8-3-1-4-9-21)23-13-15-25(16-14-23)38-24-10-5-2-6-11-24/h1-6,8-17,20H,7,18-19H2,(H,31,34). The summed E-state index contributed by atoms with van der Waals surface area (Å²) in [5.74, 6) is 0.700. The molecule has 0 spiro atoms. The number of rotatable bonds is 10. The van der Waals surface area contributed by atoms with Crippen molar-refractivity contribution in [1.29, 1.82) is 0 Å². The maximum atomic E-state index is 13.3. The van der Waals surface area contributed by atoms with Gasteiger partial charge in [-0.25, -0.2) is 0 Å². The molecule has 9 heteroatoms. The first-order chi connectivity index (χ1) is 18.4. The predicted octanol–water partition coefficient (Wildman–Crippen LogP) is 6.51. The summed E-state index contributed by atoms with van der Waals surface area (Å²) >= 11 is 5.83. The summed E-state index contributed by atoms with van der Waals surface area (Å²) in [5, 5.41) is 13.8. The van der Waals surface area contributed by atoms with Crippen LogP contribution in [0.1, 0.15) is 27.1 Å². The van der Waals surface area contributed by atoms with Crippen molar-refractivity contribution in [1.82, 2.24) is 5.32 Å². The minimum Gasteiger partial charge on any atom is -0.457 e. The molecule has 4 rings (SSSR count). The van der Waals surface area contributed by atoms with Crippen LogP contribution in [0.25, 0.3) is 0 Å². The Kier molecular flexibility index (Phi) is 8.69. The van der Waals surface area contributed by atoms with Crippen molar-refractivity contribution < 1.29 is 19.2 Å². The zero-order valence-corrected chi connectivity index (χ0v) is 21.0. The van der Waals surface area contributed by atoms with E-state index in [1.807, 2.05) is 48.5 Å². The van der Waals surface area contributed by atoms with Gasteiger partial charge in [0.25, 0.3) is 17.5 Å². The van der Waals surface area contributed by atoms with Gasteiger partial charge in [0.15, 0.2) is 0 Å². The van der Waals surface area contributed by atoms with Crippen molar-refractivity contribution in [2.24, 2.45) is 0 Å². The molecule has 0 saturated heterocycles. The molecule has 192 valence electrons. The molecule has 0 fully saturated rings. The molecular formula is C29H24ClN3O5. The molecule has 0 atom stereocenters. The van der Waals surface area contributed by atoms with Gasteiger partial charge in [-0.3, -0.25) is 19.7 Å². The van der Waals surface area contributed by atoms with Gasteiger partial charge in [0.2, 0.25) is 0 Å². The van der Waals surface area contributed by atoms with Crippen LogP contribution in [0.2, 0.25) is 5.02 Å². The van der Waals surface area contributed by atoms with E-state index in [1.165, 1.54) is 12.1 Å². The van der Waals surface area contributed by atoms with Crippen molar-refractivity contribution in [2.75, 3.05) is 18.0 Å². The van der Waals surface area contributed by atoms with Crippen LogP contribution in [0.15, 0.2) is 103 Å². The number of hydrogen-bond acceptors (Lipinski definition) is 5. The number of nitro benzene ring substituents is 1. The van der Waals surface area contributed by atoms with Crippen LogP contribution in [0.5, 0.6) is 11.5 Å². The van der Waals surface area contributed by atoms with Crippen LogP contribution in [0, 0.1) is 10.1 Å². The molecule has 8 nitrogen and oxygen atoms in total. The van der Waals surface area contributed by atoms with E-state index in [1.54, 1.807) is 41.3 Å². The number of anilines is 1. The van der Waals surface area contributed by atoms with E-state index in [0.717, 1.165) is 6.07 Å². The van der Waals surface area contributed by atoms with Crippen LogP contribution in [0.3, 0.4) is 0 Å². The molecule has 2 amide bonds. The molecule has 38 heavy (non-hydrogen) atoms. The second kappa shape index (κ2) is 12.5. The first-order valence-corrected chi connectivity index (χ1v) is 12.2. The Morgan fingerprint density at radius 3 is 2.13 bits per heavy atom. The third kappa shape index (κ3) is 6.74. The van der Waals surface area contributed by atoms with Crippen LogP contribution in [-0.2, 0) is 0 Å². The van der Waals surface area contributed by atoms with Crippen LogP contribution in [0.4, 0.5) is 11.4 Å². The lowest BCUT2D eigenvalue weighted by Crippen LogP contribution is -2.34. The number of carbonyl (C=O) groups is 2. The highest BCUT2D eigenvalue weighted by Crippen LogP contribution is 2.26. The molecule has 0 aliphatic heterocycles. The van der Waals surface area contributed by atoms with Crippen LogP contribution >= 0.6 is 11.6 Å². The molecule has 4 aromatic carbocycles. The van der Waals surface area contributed by atoms with E-state index in [2.05, 4.69) is 5.32 Å². The first-order valence-electron chi connectivity index (χ1n) is 11.8. The molecule has 0 unspecified atom stereocenters. The Balaban J connectivity index is 1.43. The Morgan fingerprint density at radius 1 is 0.842 bits per heavy atom. The number of para-hydroxylation sites is 1. The summed E-state index contributed by atoms with van der Waals surface area (Å²) in [5.41, 5.74) is 1.01. The van der Waals surface area contributed by atoms with Crippen LogP contribution in [-0.4, -0.2) is 29.8 Å². The minimum atomic E-state index is -0.637. The van der Waals surface area contributed by atoms with E-state index in [9.17, 15) is 19.7 Å². The lowest BCUT2D eigenvalue weighted by molar-refractivity contribution is -0.384. The molecule has 0 aliphatic rings. The Morgan fingerprint density at radius 2 is 1.47 bits per heavy atom. The number of ether oxygens (including phenoxy) is 1. The van der Waals surface area contributed by atoms with Gasteiger partial charge in [-0.2, -0.15) is 0 Å². The van der Waals surface area contributed by atoms with Gasteiger partial charge >= 0.3 is 0 Å². The second-order valence-corrected chi connectivity index (χ2v) is 8.67. The van der Waals surface area contributed by atoms with Crippen molar-refractivity contribution >= 4 is 34.8 Å². The number of carbonyl (C=O) groups excluding carboxylic acids is 2. The van der Waals surface area contributed by atoms with Gasteiger partial charge in [-0.05, 0) is 67.1 Å². The van der Waals surface area contributed by atoms with Gasteiger partial charge in [0.1, 0.15) is 16.5 Å². The maximum absolute atomic E-state index is 13.3. The van der Waals surface area contributed by atoms with Gasteiger partial charge < -0.3 is 15.0 Å². The quantitative estimate of drug-likeness (QED) is 0.143. The summed E-state index contributed by atoms with van der Waals surface area (Å²) < 4.78 is 5.85. The SMILES string of the molecule is O=C(NCCCN(C(=O)c1ccccc1)c1ccc(Oc2ccccc2)cc1)c1ccc(Cl)c([N+](=O)[O-])c1. The Labute approximate surface area is 224 Å². The molecule has 0 bridgehead atoms. The number of hydrogen-bond donors (Lipinski definition) is 1. The molecular weight excluding hydrogens is 506 g/mol. The van der Waals surface area contributed by atoms with E-state index >= 15 is 0 Å². The van der Waals surface area contributed by atoms with E-state index < -0.39 is 10.8 Å². The zero-order valence-electron chi connectivity index (χ0n) is 20.2. The topological polar surface area (TPSA) is 102 Å². The first kappa shape index (κ1) is 26.4. The highest BCUT2D eigenvalue weighted by Gasteiger charge is 2.19. The maximum Gasteiger partial charge on any atom is 0.288 e. The number of nitrogens with zero attached hydrogens (tertiary/aromatic N) is 2. The highest BCUT2D eigenvalue weighted by molar-refractivity contribution is 6.32. The molecule has 0 heterocycles. The second-order valence-electron chi connectivity index (χ2n) is 8.26. The number of amides is 2. The molecule has 4 aromatic rings. The molecule has 1 N–H and O–H groups in total. The summed E-state index contributed by atoms with van der Waals surface area (Å²) in [7, 11) is 0. The number of nitro groups is 1. The monoisotopic (exact) mass is 529 g/mol. The lowest BCUT2D eigenvalue weighted by atomic mass is 10.1. The van der Waals surface area contributed by atoms with Crippen molar-refractivity contribution in [3.63, 3.8) is 0 Å². The van der Waals surface area contributed by atoms with Gasteiger partial charge in [0, 0.05) is 36.0 Å². The third-order valence-corrected chi connectivity index (χ3v) is 5.96. The highest BCUT2D eigenvalue weighted by atomic mass is 35.5. The Hall–Kier alpha value is -4.69. The van der Waals surface area contributed by atoms with E-state index in [0.29, 0.717) is 35.7 Å². The molecule has 0 aromatic heterocycles. The van der Waals surface area contributed by atoms with E-state index in [4.69, 9.17) is 16.3 Å². The van der Waals surface area contributed by atoms with Crippen molar-refractivity contribution in [3.8, 4) is 11.5 Å². The average molecular weight is 530 g/mol. The van der Waals surface area contributed by atoms with Gasteiger partial charge in [-0.15, -0.1) is 0 Å². The molecule has 0 aliphatic carbocycles. The fourth-order valence-corrected chi connectivity index (χ4v) is 3.92. The van der Waals surface area contributed by atoms with Crippen molar-refractivity contribution in [3.05, 3.63) is 129 Å². The largest absolute Gasteiger partial charge is 0.457 e. The van der Waals surface area contributed by atoms with Crippen LogP contribution < -0.4 is 15.0 Å². The number of benzene rings is 4. The van der Waals surface area contributed by atoms with Gasteiger partial charge in [0.05, 0.1) is 4.92 Å². The fraction of sp³-hybridized carbons (Fsp3) is 0.103. The van der Waals surface area contributed by atoms with Crippen molar-refractivity contribution in [2.45, 2.75) is 6.42 Å². The lowest BCUT2D eigenvalue weighted by Gasteiger charge is -2.23. The summed E-state index contributed by atoms with van der Waals surface area (Å²) in [6.07, 6.45) is 0.447. The summed E-state index contributed by atoms with van der Waals surface area (Å²) in [6.45, 7) is 0.580. The Bertz CT molecular complexity index is 1410. The third-order valence-electron chi connectivity index (χ3n) is 5.64. The normalized spacial score (nSPS) is 10.4. The van der Waals surface area contributed by atoms with E-state index in [-0.39, 0.29) is 28.7 Å².